The van der Waals surface area contributed by atoms with Gasteiger partial charge in [-0.15, -0.1) is 13.2 Å². The highest BCUT2D eigenvalue weighted by molar-refractivity contribution is 9.10. The van der Waals surface area contributed by atoms with Crippen LogP contribution in [0.2, 0.25) is 0 Å². The molecule has 0 saturated heterocycles. The third-order valence-corrected chi connectivity index (χ3v) is 2.43. The zero-order valence-corrected chi connectivity index (χ0v) is 10.8. The Balaban J connectivity index is 2.88. The molecule has 0 aliphatic heterocycles. The summed E-state index contributed by atoms with van der Waals surface area (Å²) in [6.45, 7) is 0. The van der Waals surface area contributed by atoms with Crippen LogP contribution in [-0.4, -0.2) is 18.8 Å². The summed E-state index contributed by atoms with van der Waals surface area (Å²) in [7, 11) is 0. The molecule has 0 saturated carbocycles. The van der Waals surface area contributed by atoms with Crippen molar-refractivity contribution >= 4 is 15.9 Å². The Hall–Kier alpha value is -1.47. The molecule has 10 heteroatoms. The average molecular weight is 364 g/mol. The highest BCUT2D eigenvalue weighted by Crippen LogP contribution is 2.35. The quantitative estimate of drug-likeness (QED) is 0.755. The molecule has 0 bridgehead atoms. The van der Waals surface area contributed by atoms with Crippen molar-refractivity contribution in [2.24, 2.45) is 0 Å². The van der Waals surface area contributed by atoms with Crippen molar-refractivity contribution in [3.05, 3.63) is 28.2 Å². The van der Waals surface area contributed by atoms with Gasteiger partial charge in [0.15, 0.2) is 0 Å². The van der Waals surface area contributed by atoms with E-state index in [1.165, 1.54) is 0 Å². The maximum Gasteiger partial charge on any atom is 0.525 e. The van der Waals surface area contributed by atoms with Crippen LogP contribution in [0.25, 0.3) is 0 Å². The Bertz CT molecular complexity index is 527. The van der Waals surface area contributed by atoms with Crippen LogP contribution >= 0.6 is 15.9 Å². The lowest BCUT2D eigenvalue weighted by molar-refractivity contribution is -0.411. The summed E-state index contributed by atoms with van der Waals surface area (Å²) in [6, 6.07) is 4.70. The second kappa shape index (κ2) is 5.88. The maximum atomic E-state index is 13.1. The number of halogens is 7. The standard InChI is InChI=1S/C10H4BrF6NO2/c11-6-3-5(4-18)1-2-7(6)19-9(13,14)8(12)20-10(15,16)17/h1-3,8H. The van der Waals surface area contributed by atoms with Crippen LogP contribution in [0.15, 0.2) is 22.7 Å². The summed E-state index contributed by atoms with van der Waals surface area (Å²) in [5, 5.41) is 8.54. The van der Waals surface area contributed by atoms with Crippen LogP contribution in [0.1, 0.15) is 5.56 Å². The van der Waals surface area contributed by atoms with Crippen molar-refractivity contribution in [1.82, 2.24) is 0 Å². The minimum absolute atomic E-state index is 0.0795. The fourth-order valence-corrected chi connectivity index (χ4v) is 1.49. The van der Waals surface area contributed by atoms with Gasteiger partial charge in [0.05, 0.1) is 16.1 Å². The lowest BCUT2D eigenvalue weighted by atomic mass is 10.2. The summed E-state index contributed by atoms with van der Waals surface area (Å²) in [5.41, 5.74) is 0.0795. The number of nitriles is 1. The Labute approximate surface area is 116 Å². The minimum atomic E-state index is -5.58. The van der Waals surface area contributed by atoms with Gasteiger partial charge in [-0.05, 0) is 34.1 Å². The first-order valence-electron chi connectivity index (χ1n) is 4.70. The first-order chi connectivity index (χ1) is 9.05. The summed E-state index contributed by atoms with van der Waals surface area (Å²) in [6.07, 6.45) is -14.5. The second-order valence-electron chi connectivity index (χ2n) is 3.30. The summed E-state index contributed by atoms with van der Waals surface area (Å²) in [5.74, 6) is -0.651. The van der Waals surface area contributed by atoms with Gasteiger partial charge in [-0.25, -0.2) is 9.13 Å². The Kier molecular flexibility index (Phi) is 4.88. The maximum absolute atomic E-state index is 13.1. The van der Waals surface area contributed by atoms with E-state index in [9.17, 15) is 26.3 Å². The molecule has 0 aromatic heterocycles. The third-order valence-electron chi connectivity index (χ3n) is 1.81. The van der Waals surface area contributed by atoms with Crippen molar-refractivity contribution in [2.75, 3.05) is 0 Å². The molecule has 3 nitrogen and oxygen atoms in total. The number of nitrogens with zero attached hydrogens (tertiary/aromatic N) is 1. The fraction of sp³-hybridized carbons (Fsp3) is 0.300. The van der Waals surface area contributed by atoms with Crippen LogP contribution < -0.4 is 4.74 Å². The average Bonchev–Trinajstić information content (AvgIpc) is 2.29. The molecule has 20 heavy (non-hydrogen) atoms. The van der Waals surface area contributed by atoms with E-state index in [-0.39, 0.29) is 10.0 Å². The van der Waals surface area contributed by atoms with E-state index in [0.717, 1.165) is 18.2 Å². The number of benzene rings is 1. The molecule has 0 aliphatic carbocycles. The summed E-state index contributed by atoms with van der Waals surface area (Å²) in [4.78, 5) is 0. The van der Waals surface area contributed by atoms with E-state index >= 15 is 0 Å². The van der Waals surface area contributed by atoms with E-state index in [0.29, 0.717) is 0 Å². The smallest absolute Gasteiger partial charge is 0.427 e. The Morgan fingerprint density at radius 3 is 2.25 bits per heavy atom. The first kappa shape index (κ1) is 16.6. The predicted octanol–water partition coefficient (Wildman–Crippen LogP) is 4.12. The van der Waals surface area contributed by atoms with Gasteiger partial charge < -0.3 is 4.74 Å². The molecule has 0 amide bonds. The molecule has 1 aromatic carbocycles. The topological polar surface area (TPSA) is 42.2 Å². The van der Waals surface area contributed by atoms with Crippen LogP contribution in [0.3, 0.4) is 0 Å². The SMILES string of the molecule is N#Cc1ccc(OC(F)(F)C(F)OC(F)(F)F)c(Br)c1. The zero-order chi connectivity index (χ0) is 15.6. The molecule has 1 unspecified atom stereocenters. The molecule has 0 aliphatic rings. The van der Waals surface area contributed by atoms with E-state index < -0.39 is 24.6 Å². The third kappa shape index (κ3) is 4.57. The fourth-order valence-electron chi connectivity index (χ4n) is 1.03. The summed E-state index contributed by atoms with van der Waals surface area (Å²) >= 11 is 2.76. The lowest BCUT2D eigenvalue weighted by Crippen LogP contribution is -2.41. The van der Waals surface area contributed by atoms with Crippen LogP contribution in [0.4, 0.5) is 26.3 Å². The number of ether oxygens (including phenoxy) is 2. The molecule has 0 spiro atoms. The Morgan fingerprint density at radius 1 is 1.20 bits per heavy atom. The zero-order valence-electron chi connectivity index (χ0n) is 9.22. The van der Waals surface area contributed by atoms with Crippen LogP contribution in [-0.2, 0) is 4.74 Å². The first-order valence-corrected chi connectivity index (χ1v) is 5.49. The molecule has 1 aromatic rings. The molecule has 110 valence electrons. The highest BCUT2D eigenvalue weighted by Gasteiger charge is 2.50. The van der Waals surface area contributed by atoms with Gasteiger partial charge in [-0.2, -0.15) is 14.0 Å². The molecular weight excluding hydrogens is 360 g/mol. The molecule has 0 fully saturated rings. The van der Waals surface area contributed by atoms with Crippen molar-refractivity contribution in [1.29, 1.82) is 5.26 Å². The van der Waals surface area contributed by atoms with Crippen molar-refractivity contribution < 1.29 is 35.8 Å². The Morgan fingerprint density at radius 2 is 1.80 bits per heavy atom. The normalized spacial score (nSPS) is 13.7. The minimum Gasteiger partial charge on any atom is -0.427 e. The van der Waals surface area contributed by atoms with Crippen LogP contribution in [0.5, 0.6) is 5.75 Å². The largest absolute Gasteiger partial charge is 0.525 e. The molecule has 0 N–H and O–H groups in total. The molecule has 0 heterocycles. The van der Waals surface area contributed by atoms with Gasteiger partial charge in [0, 0.05) is 0 Å². The van der Waals surface area contributed by atoms with Crippen molar-refractivity contribution in [3.8, 4) is 11.8 Å². The van der Waals surface area contributed by atoms with Crippen molar-refractivity contribution in [3.63, 3.8) is 0 Å². The van der Waals surface area contributed by atoms with Crippen LogP contribution in [0, 0.1) is 11.3 Å². The van der Waals surface area contributed by atoms with E-state index in [1.807, 2.05) is 0 Å². The lowest BCUT2D eigenvalue weighted by Gasteiger charge is -2.22. The van der Waals surface area contributed by atoms with Gasteiger partial charge in [-0.3, -0.25) is 0 Å². The van der Waals surface area contributed by atoms with Crippen molar-refractivity contribution in [2.45, 2.75) is 18.8 Å². The molecule has 0 radical (unpaired) electrons. The highest BCUT2D eigenvalue weighted by atomic mass is 79.9. The van der Waals surface area contributed by atoms with Gasteiger partial charge in [-0.1, -0.05) is 0 Å². The molecule has 1 atom stereocenters. The number of alkyl halides is 6. The molecule has 1 rings (SSSR count). The van der Waals surface area contributed by atoms with E-state index in [1.54, 1.807) is 6.07 Å². The van der Waals surface area contributed by atoms with E-state index in [2.05, 4.69) is 25.4 Å². The van der Waals surface area contributed by atoms with Gasteiger partial charge in [0.25, 0.3) is 0 Å². The number of hydrogen-bond donors (Lipinski definition) is 0. The summed E-state index contributed by atoms with van der Waals surface area (Å²) < 4.78 is 80.1. The number of rotatable bonds is 4. The monoisotopic (exact) mass is 363 g/mol. The number of hydrogen-bond acceptors (Lipinski definition) is 3. The predicted molar refractivity (Wildman–Crippen MR) is 56.5 cm³/mol. The van der Waals surface area contributed by atoms with Gasteiger partial charge in [0.2, 0.25) is 0 Å². The van der Waals surface area contributed by atoms with Gasteiger partial charge >= 0.3 is 18.8 Å². The van der Waals surface area contributed by atoms with Gasteiger partial charge in [0.1, 0.15) is 5.75 Å². The second-order valence-corrected chi connectivity index (χ2v) is 4.15. The van der Waals surface area contributed by atoms with E-state index in [4.69, 9.17) is 5.26 Å². The molecular formula is C10H4BrF6NO2.